The number of hydrogen-bond donors (Lipinski definition) is 2. The van der Waals surface area contributed by atoms with Crippen molar-refractivity contribution in [2.24, 2.45) is 0 Å². The van der Waals surface area contributed by atoms with Gasteiger partial charge in [-0.3, -0.25) is 19.7 Å². The highest BCUT2D eigenvalue weighted by Gasteiger charge is 2.16. The summed E-state index contributed by atoms with van der Waals surface area (Å²) in [4.78, 5) is 34.2. The van der Waals surface area contributed by atoms with Crippen molar-refractivity contribution in [2.45, 2.75) is 6.92 Å². The molecule has 0 aliphatic heterocycles. The van der Waals surface area contributed by atoms with Crippen molar-refractivity contribution >= 4 is 40.6 Å². The molecule has 0 heterocycles. The molecule has 0 saturated carbocycles. The van der Waals surface area contributed by atoms with E-state index in [9.17, 15) is 19.7 Å². The Bertz CT molecular complexity index is 781. The van der Waals surface area contributed by atoms with Gasteiger partial charge >= 0.3 is 0 Å². The number of nitro groups is 1. The third-order valence-corrected chi connectivity index (χ3v) is 4.08. The third-order valence-electron chi connectivity index (χ3n) is 3.15. The minimum absolute atomic E-state index is 0.0211. The van der Waals surface area contributed by atoms with Gasteiger partial charge in [0.15, 0.2) is 0 Å². The first-order chi connectivity index (χ1) is 12.0. The molecule has 2 N–H and O–H groups in total. The molecule has 0 radical (unpaired) electrons. The highest BCUT2D eigenvalue weighted by Crippen LogP contribution is 2.25. The molecule has 0 aliphatic rings. The van der Waals surface area contributed by atoms with Gasteiger partial charge in [-0.2, -0.15) is 0 Å². The van der Waals surface area contributed by atoms with Crippen molar-refractivity contribution < 1.29 is 14.5 Å². The van der Waals surface area contributed by atoms with E-state index in [4.69, 9.17) is 0 Å². The number of amides is 2. The lowest BCUT2D eigenvalue weighted by Crippen LogP contribution is -2.18. The number of thioether (sulfide) groups is 1. The van der Waals surface area contributed by atoms with E-state index in [2.05, 4.69) is 10.6 Å². The van der Waals surface area contributed by atoms with Gasteiger partial charge in [0, 0.05) is 11.8 Å². The Kier molecular flexibility index (Phi) is 6.53. The zero-order valence-electron chi connectivity index (χ0n) is 13.5. The number of nitrogens with one attached hydrogen (secondary N) is 2. The molecule has 0 fully saturated rings. The summed E-state index contributed by atoms with van der Waals surface area (Å²) in [7, 11) is 0. The first-order valence-corrected chi connectivity index (χ1v) is 8.58. The maximum Gasteiger partial charge on any atom is 0.293 e. The number of para-hydroxylation sites is 1. The molecule has 25 heavy (non-hydrogen) atoms. The summed E-state index contributed by atoms with van der Waals surface area (Å²) < 4.78 is 0. The van der Waals surface area contributed by atoms with Gasteiger partial charge in [0.2, 0.25) is 11.8 Å². The van der Waals surface area contributed by atoms with Gasteiger partial charge in [-0.1, -0.05) is 24.3 Å². The second-order valence-corrected chi connectivity index (χ2v) is 6.22. The van der Waals surface area contributed by atoms with Gasteiger partial charge in [-0.15, -0.1) is 11.8 Å². The summed E-state index contributed by atoms with van der Waals surface area (Å²) in [6.07, 6.45) is 0. The van der Waals surface area contributed by atoms with Gasteiger partial charge in [0.05, 0.1) is 16.4 Å². The fourth-order valence-corrected chi connectivity index (χ4v) is 2.66. The molecular formula is C17H17N3O4S. The van der Waals surface area contributed by atoms with E-state index in [1.807, 2.05) is 18.2 Å². The Morgan fingerprint density at radius 3 is 2.32 bits per heavy atom. The molecule has 0 atom stereocenters. The Hall–Kier alpha value is -2.87. The largest absolute Gasteiger partial charge is 0.325 e. The van der Waals surface area contributed by atoms with Gasteiger partial charge in [0.25, 0.3) is 5.69 Å². The summed E-state index contributed by atoms with van der Waals surface area (Å²) in [6, 6.07) is 13.6. The van der Waals surface area contributed by atoms with Crippen LogP contribution >= 0.6 is 11.8 Å². The molecule has 0 aromatic heterocycles. The highest BCUT2D eigenvalue weighted by molar-refractivity contribution is 8.00. The van der Waals surface area contributed by atoms with Crippen molar-refractivity contribution in [3.63, 3.8) is 0 Å². The van der Waals surface area contributed by atoms with Crippen LogP contribution in [0.3, 0.4) is 0 Å². The van der Waals surface area contributed by atoms with Crippen LogP contribution in [-0.2, 0) is 9.59 Å². The van der Waals surface area contributed by atoms with Crippen molar-refractivity contribution in [3.8, 4) is 0 Å². The van der Waals surface area contributed by atoms with E-state index in [1.54, 1.807) is 25.1 Å². The predicted octanol–water partition coefficient (Wildman–Crippen LogP) is 3.21. The molecular weight excluding hydrogens is 342 g/mol. The molecule has 0 saturated heterocycles. The number of aryl methyl sites for hydroxylation is 1. The molecule has 8 heteroatoms. The normalized spacial score (nSPS) is 10.1. The van der Waals surface area contributed by atoms with Crippen molar-refractivity contribution in [1.29, 1.82) is 0 Å². The second kappa shape index (κ2) is 8.84. The number of carbonyl (C=O) groups excluding carboxylic acids is 2. The van der Waals surface area contributed by atoms with E-state index in [1.165, 1.54) is 12.1 Å². The van der Waals surface area contributed by atoms with E-state index in [0.29, 0.717) is 5.69 Å². The zero-order valence-corrected chi connectivity index (χ0v) is 14.3. The van der Waals surface area contributed by atoms with Crippen molar-refractivity contribution in [2.75, 3.05) is 22.1 Å². The third kappa shape index (κ3) is 5.92. The summed E-state index contributed by atoms with van der Waals surface area (Å²) >= 11 is 1.13. The Balaban J connectivity index is 1.81. The number of nitro benzene ring substituents is 1. The van der Waals surface area contributed by atoms with Crippen LogP contribution in [0.25, 0.3) is 0 Å². The van der Waals surface area contributed by atoms with E-state index in [-0.39, 0.29) is 28.8 Å². The second-order valence-electron chi connectivity index (χ2n) is 5.23. The van der Waals surface area contributed by atoms with Gasteiger partial charge in [0.1, 0.15) is 5.69 Å². The molecule has 130 valence electrons. The maximum absolute atomic E-state index is 11.9. The lowest BCUT2D eigenvalue weighted by atomic mass is 10.2. The molecule has 0 bridgehead atoms. The van der Waals surface area contributed by atoms with Crippen molar-refractivity contribution in [3.05, 3.63) is 64.2 Å². The molecule has 2 amide bonds. The Morgan fingerprint density at radius 2 is 1.68 bits per heavy atom. The van der Waals surface area contributed by atoms with Crippen LogP contribution in [0.4, 0.5) is 17.1 Å². The summed E-state index contributed by atoms with van der Waals surface area (Å²) in [5.74, 6) is -0.485. The number of nitrogens with zero attached hydrogens (tertiary/aromatic N) is 1. The number of carbonyl (C=O) groups is 2. The van der Waals surface area contributed by atoms with Crippen LogP contribution in [0.1, 0.15) is 5.56 Å². The van der Waals surface area contributed by atoms with Crippen molar-refractivity contribution in [1.82, 2.24) is 0 Å². The van der Waals surface area contributed by atoms with Gasteiger partial charge in [-0.05, 0) is 30.7 Å². The lowest BCUT2D eigenvalue weighted by molar-refractivity contribution is -0.384. The molecule has 0 unspecified atom stereocenters. The number of hydrogen-bond acceptors (Lipinski definition) is 5. The maximum atomic E-state index is 11.9. The van der Waals surface area contributed by atoms with E-state index < -0.39 is 10.8 Å². The zero-order chi connectivity index (χ0) is 18.2. The molecule has 2 rings (SSSR count). The Labute approximate surface area is 149 Å². The highest BCUT2D eigenvalue weighted by atomic mass is 32.2. The molecule has 7 nitrogen and oxygen atoms in total. The standard InChI is InChI=1S/C17H17N3O4S/c1-12-7-8-14(15(9-12)20(23)24)19-17(22)11-25-10-16(21)18-13-5-3-2-4-6-13/h2-9H,10-11H2,1H3,(H,18,21)(H,19,22). The topological polar surface area (TPSA) is 101 Å². The lowest BCUT2D eigenvalue weighted by Gasteiger charge is -2.07. The van der Waals surface area contributed by atoms with E-state index in [0.717, 1.165) is 17.3 Å². The van der Waals surface area contributed by atoms with Gasteiger partial charge < -0.3 is 10.6 Å². The minimum Gasteiger partial charge on any atom is -0.325 e. The van der Waals surface area contributed by atoms with Crippen LogP contribution in [0.15, 0.2) is 48.5 Å². The molecule has 2 aromatic carbocycles. The Morgan fingerprint density at radius 1 is 1.04 bits per heavy atom. The molecule has 2 aromatic rings. The average molecular weight is 359 g/mol. The fraction of sp³-hybridized carbons (Fsp3) is 0.176. The molecule has 0 spiro atoms. The minimum atomic E-state index is -0.539. The van der Waals surface area contributed by atoms with Crippen LogP contribution in [0.5, 0.6) is 0 Å². The van der Waals surface area contributed by atoms with Crippen LogP contribution in [0, 0.1) is 17.0 Å². The first-order valence-electron chi connectivity index (χ1n) is 7.43. The van der Waals surface area contributed by atoms with Crippen LogP contribution in [0.2, 0.25) is 0 Å². The number of benzene rings is 2. The monoisotopic (exact) mass is 359 g/mol. The first kappa shape index (κ1) is 18.5. The number of rotatable bonds is 7. The predicted molar refractivity (Wildman–Crippen MR) is 98.9 cm³/mol. The summed E-state index contributed by atoms with van der Waals surface area (Å²) in [6.45, 7) is 1.74. The summed E-state index contributed by atoms with van der Waals surface area (Å²) in [5.41, 5.74) is 1.42. The SMILES string of the molecule is Cc1ccc(NC(=O)CSCC(=O)Nc2ccccc2)c([N+](=O)[O-])c1. The summed E-state index contributed by atoms with van der Waals surface area (Å²) in [5, 5.41) is 16.3. The quantitative estimate of drug-likeness (QED) is 0.584. The smallest absolute Gasteiger partial charge is 0.293 e. The average Bonchev–Trinajstić information content (AvgIpc) is 2.57. The van der Waals surface area contributed by atoms with Crippen LogP contribution < -0.4 is 10.6 Å². The molecule has 0 aliphatic carbocycles. The van der Waals surface area contributed by atoms with Gasteiger partial charge in [-0.25, -0.2) is 0 Å². The van der Waals surface area contributed by atoms with Crippen LogP contribution in [-0.4, -0.2) is 28.2 Å². The van der Waals surface area contributed by atoms with E-state index >= 15 is 0 Å². The number of anilines is 2. The fourth-order valence-electron chi connectivity index (χ4n) is 2.04.